The molecule has 0 saturated carbocycles. The van der Waals surface area contributed by atoms with Crippen molar-refractivity contribution in [1.82, 2.24) is 20.2 Å². The molecule has 1 aromatic carbocycles. The molecule has 3 rings (SSSR count). The normalized spacial score (nSPS) is 16.0. The molecule has 1 aliphatic rings. The SMILES string of the molecule is CN(CC1CCNCC1)C(=O)c1cnc2ccccc2n1. The lowest BCUT2D eigenvalue weighted by molar-refractivity contribution is 0.0757. The Bertz CT molecular complexity index is 637. The molecule has 1 saturated heterocycles. The largest absolute Gasteiger partial charge is 0.340 e. The van der Waals surface area contributed by atoms with E-state index in [-0.39, 0.29) is 5.91 Å². The van der Waals surface area contributed by atoms with Gasteiger partial charge in [0.25, 0.3) is 5.91 Å². The first kappa shape index (κ1) is 13.9. The maximum atomic E-state index is 12.5. The first-order valence-electron chi connectivity index (χ1n) is 7.42. The lowest BCUT2D eigenvalue weighted by Gasteiger charge is -2.27. The van der Waals surface area contributed by atoms with Crippen molar-refractivity contribution in [2.24, 2.45) is 5.92 Å². The summed E-state index contributed by atoms with van der Waals surface area (Å²) in [4.78, 5) is 23.0. The molecule has 0 bridgehead atoms. The van der Waals surface area contributed by atoms with Crippen LogP contribution in [0.5, 0.6) is 0 Å². The summed E-state index contributed by atoms with van der Waals surface area (Å²) in [6.45, 7) is 2.87. The van der Waals surface area contributed by atoms with Crippen molar-refractivity contribution in [1.29, 1.82) is 0 Å². The van der Waals surface area contributed by atoms with Crippen LogP contribution in [0, 0.1) is 5.92 Å². The highest BCUT2D eigenvalue weighted by atomic mass is 16.2. The number of rotatable bonds is 3. The number of hydrogen-bond acceptors (Lipinski definition) is 4. The Labute approximate surface area is 124 Å². The zero-order valence-corrected chi connectivity index (χ0v) is 12.2. The fraction of sp³-hybridized carbons (Fsp3) is 0.438. The zero-order chi connectivity index (χ0) is 14.7. The summed E-state index contributed by atoms with van der Waals surface area (Å²) in [5, 5.41) is 3.34. The number of hydrogen-bond donors (Lipinski definition) is 1. The van der Waals surface area contributed by atoms with Gasteiger partial charge < -0.3 is 10.2 Å². The fourth-order valence-electron chi connectivity index (χ4n) is 2.79. The molecule has 1 amide bonds. The number of nitrogens with one attached hydrogen (secondary N) is 1. The van der Waals surface area contributed by atoms with Gasteiger partial charge in [-0.05, 0) is 44.0 Å². The highest BCUT2D eigenvalue weighted by molar-refractivity contribution is 5.93. The lowest BCUT2D eigenvalue weighted by Crippen LogP contribution is -2.37. The maximum Gasteiger partial charge on any atom is 0.273 e. The Hall–Kier alpha value is -2.01. The standard InChI is InChI=1S/C16H20N4O/c1-20(11-12-6-8-17-9-7-12)16(21)15-10-18-13-4-2-3-5-14(13)19-15/h2-5,10,12,17H,6-9,11H2,1H3. The van der Waals surface area contributed by atoms with E-state index in [1.165, 1.54) is 0 Å². The number of fused-ring (bicyclic) bond motifs is 1. The van der Waals surface area contributed by atoms with Gasteiger partial charge in [0.15, 0.2) is 0 Å². The number of piperidine rings is 1. The van der Waals surface area contributed by atoms with Crippen molar-refractivity contribution in [3.8, 4) is 0 Å². The second-order valence-corrected chi connectivity index (χ2v) is 5.62. The maximum absolute atomic E-state index is 12.5. The van der Waals surface area contributed by atoms with Crippen LogP contribution in [-0.4, -0.2) is 47.5 Å². The molecular weight excluding hydrogens is 264 g/mol. The summed E-state index contributed by atoms with van der Waals surface area (Å²) >= 11 is 0. The molecule has 2 aromatic rings. The first-order valence-corrected chi connectivity index (χ1v) is 7.42. The van der Waals surface area contributed by atoms with Crippen LogP contribution in [0.15, 0.2) is 30.5 Å². The Morgan fingerprint density at radius 2 is 2.00 bits per heavy atom. The van der Waals surface area contributed by atoms with Gasteiger partial charge in [-0.15, -0.1) is 0 Å². The third-order valence-electron chi connectivity index (χ3n) is 4.01. The van der Waals surface area contributed by atoms with Crippen LogP contribution >= 0.6 is 0 Å². The van der Waals surface area contributed by atoms with E-state index in [9.17, 15) is 4.79 Å². The van der Waals surface area contributed by atoms with Gasteiger partial charge in [0.2, 0.25) is 0 Å². The molecule has 0 spiro atoms. The minimum atomic E-state index is -0.0493. The van der Waals surface area contributed by atoms with Crippen molar-refractivity contribution in [3.05, 3.63) is 36.2 Å². The van der Waals surface area contributed by atoms with Crippen LogP contribution in [0.25, 0.3) is 11.0 Å². The van der Waals surface area contributed by atoms with Gasteiger partial charge in [0.05, 0.1) is 17.2 Å². The lowest BCUT2D eigenvalue weighted by atomic mass is 9.97. The monoisotopic (exact) mass is 284 g/mol. The van der Waals surface area contributed by atoms with Crippen molar-refractivity contribution in [2.75, 3.05) is 26.7 Å². The molecule has 2 heterocycles. The summed E-state index contributed by atoms with van der Waals surface area (Å²) < 4.78 is 0. The molecule has 0 unspecified atom stereocenters. The predicted octanol–water partition coefficient (Wildman–Crippen LogP) is 1.70. The molecule has 0 atom stereocenters. The molecule has 1 N–H and O–H groups in total. The van der Waals surface area contributed by atoms with Crippen LogP contribution in [0.2, 0.25) is 0 Å². The Kier molecular flexibility index (Phi) is 4.10. The molecule has 1 aliphatic heterocycles. The minimum absolute atomic E-state index is 0.0493. The number of para-hydroxylation sites is 2. The van der Waals surface area contributed by atoms with E-state index in [1.807, 2.05) is 31.3 Å². The molecule has 5 heteroatoms. The molecule has 0 radical (unpaired) electrons. The average Bonchev–Trinajstić information content (AvgIpc) is 2.54. The quantitative estimate of drug-likeness (QED) is 0.932. The van der Waals surface area contributed by atoms with Crippen molar-refractivity contribution in [2.45, 2.75) is 12.8 Å². The van der Waals surface area contributed by atoms with E-state index in [4.69, 9.17) is 0 Å². The number of carbonyl (C=O) groups excluding carboxylic acids is 1. The summed E-state index contributed by atoms with van der Waals surface area (Å²) in [7, 11) is 1.85. The van der Waals surface area contributed by atoms with Crippen molar-refractivity contribution >= 4 is 16.9 Å². The van der Waals surface area contributed by atoms with Gasteiger partial charge in [0, 0.05) is 13.6 Å². The minimum Gasteiger partial charge on any atom is -0.340 e. The van der Waals surface area contributed by atoms with Gasteiger partial charge >= 0.3 is 0 Å². The third-order valence-corrected chi connectivity index (χ3v) is 4.01. The van der Waals surface area contributed by atoms with E-state index in [2.05, 4.69) is 15.3 Å². The van der Waals surface area contributed by atoms with Crippen LogP contribution in [-0.2, 0) is 0 Å². The van der Waals surface area contributed by atoms with E-state index in [1.54, 1.807) is 11.1 Å². The van der Waals surface area contributed by atoms with Crippen LogP contribution < -0.4 is 5.32 Å². The van der Waals surface area contributed by atoms with Gasteiger partial charge in [-0.25, -0.2) is 4.98 Å². The topological polar surface area (TPSA) is 58.1 Å². The van der Waals surface area contributed by atoms with E-state index in [0.29, 0.717) is 11.6 Å². The molecule has 21 heavy (non-hydrogen) atoms. The summed E-state index contributed by atoms with van der Waals surface area (Å²) in [6.07, 6.45) is 3.83. The number of aromatic nitrogens is 2. The molecule has 1 fully saturated rings. The van der Waals surface area contributed by atoms with Crippen LogP contribution in [0.3, 0.4) is 0 Å². The molecule has 5 nitrogen and oxygen atoms in total. The molecule has 110 valence electrons. The smallest absolute Gasteiger partial charge is 0.273 e. The van der Waals surface area contributed by atoms with Gasteiger partial charge in [-0.1, -0.05) is 12.1 Å². The van der Waals surface area contributed by atoms with Crippen molar-refractivity contribution < 1.29 is 4.79 Å². The second-order valence-electron chi connectivity index (χ2n) is 5.62. The zero-order valence-electron chi connectivity index (χ0n) is 12.2. The van der Waals surface area contributed by atoms with Gasteiger partial charge in [-0.2, -0.15) is 0 Å². The number of benzene rings is 1. The summed E-state index contributed by atoms with van der Waals surface area (Å²) in [5.74, 6) is 0.528. The van der Waals surface area contributed by atoms with Crippen LogP contribution in [0.1, 0.15) is 23.3 Å². The molecule has 1 aromatic heterocycles. The van der Waals surface area contributed by atoms with E-state index >= 15 is 0 Å². The number of nitrogens with zero attached hydrogens (tertiary/aromatic N) is 3. The molecule has 0 aliphatic carbocycles. The first-order chi connectivity index (χ1) is 10.2. The summed E-state index contributed by atoms with van der Waals surface area (Å²) in [5.41, 5.74) is 2.00. The second kappa shape index (κ2) is 6.18. The highest BCUT2D eigenvalue weighted by Crippen LogP contribution is 2.15. The predicted molar refractivity (Wildman–Crippen MR) is 82.1 cm³/mol. The molecular formula is C16H20N4O. The Balaban J connectivity index is 1.72. The van der Waals surface area contributed by atoms with Crippen LogP contribution in [0.4, 0.5) is 0 Å². The highest BCUT2D eigenvalue weighted by Gasteiger charge is 2.20. The Morgan fingerprint density at radius 3 is 2.76 bits per heavy atom. The van der Waals surface area contributed by atoms with Crippen molar-refractivity contribution in [3.63, 3.8) is 0 Å². The fourth-order valence-corrected chi connectivity index (χ4v) is 2.79. The van der Waals surface area contributed by atoms with Gasteiger partial charge in [-0.3, -0.25) is 9.78 Å². The Morgan fingerprint density at radius 1 is 1.29 bits per heavy atom. The van der Waals surface area contributed by atoms with E-state index in [0.717, 1.165) is 43.5 Å². The van der Waals surface area contributed by atoms with E-state index < -0.39 is 0 Å². The average molecular weight is 284 g/mol. The number of amides is 1. The number of carbonyl (C=O) groups is 1. The van der Waals surface area contributed by atoms with Gasteiger partial charge in [0.1, 0.15) is 5.69 Å². The third kappa shape index (κ3) is 3.19. The summed E-state index contributed by atoms with van der Waals surface area (Å²) in [6, 6.07) is 7.60.